The smallest absolute Gasteiger partial charge is 0.319 e. The molecule has 0 radical (unpaired) electrons. The van der Waals surface area contributed by atoms with E-state index in [1.165, 1.54) is 6.33 Å². The zero-order valence-corrected chi connectivity index (χ0v) is 15.9. The quantitative estimate of drug-likeness (QED) is 0.643. The molecule has 0 saturated heterocycles. The van der Waals surface area contributed by atoms with Gasteiger partial charge < -0.3 is 15.4 Å². The van der Waals surface area contributed by atoms with Crippen molar-refractivity contribution < 1.29 is 9.53 Å². The van der Waals surface area contributed by atoms with Gasteiger partial charge in [0.25, 0.3) is 0 Å². The molecule has 2 amide bonds. The zero-order chi connectivity index (χ0) is 19.2. The Hall–Kier alpha value is -2.83. The first-order valence-electron chi connectivity index (χ1n) is 8.00. The van der Waals surface area contributed by atoms with Gasteiger partial charge in [0.05, 0.1) is 35.8 Å². The molecule has 27 heavy (non-hydrogen) atoms. The number of carbonyl (C=O) groups excluding carboxylic acids is 1. The highest BCUT2D eigenvalue weighted by Gasteiger charge is 2.08. The number of nitrogens with one attached hydrogen (secondary N) is 2. The molecule has 0 saturated carbocycles. The summed E-state index contributed by atoms with van der Waals surface area (Å²) in [7, 11) is 1.62. The average molecular weight is 403 g/mol. The fourth-order valence-corrected chi connectivity index (χ4v) is 2.68. The van der Waals surface area contributed by atoms with E-state index in [1.807, 2.05) is 30.3 Å². The molecule has 0 aliphatic heterocycles. The Morgan fingerprint density at radius 2 is 1.85 bits per heavy atom. The van der Waals surface area contributed by atoms with Crippen molar-refractivity contribution in [1.82, 2.24) is 15.3 Å². The lowest BCUT2D eigenvalue weighted by atomic mass is 10.1. The van der Waals surface area contributed by atoms with E-state index in [4.69, 9.17) is 27.9 Å². The highest BCUT2D eigenvalue weighted by molar-refractivity contribution is 6.35. The lowest BCUT2D eigenvalue weighted by molar-refractivity contribution is 0.251. The Labute approximate surface area is 166 Å². The second-order valence-corrected chi connectivity index (χ2v) is 6.40. The summed E-state index contributed by atoms with van der Waals surface area (Å²) in [6.45, 7) is 0.232. The van der Waals surface area contributed by atoms with Gasteiger partial charge in [-0.1, -0.05) is 23.2 Å². The maximum Gasteiger partial charge on any atom is 0.319 e. The number of methoxy groups -OCH3 is 1. The van der Waals surface area contributed by atoms with Crippen LogP contribution in [0.25, 0.3) is 11.3 Å². The van der Waals surface area contributed by atoms with Gasteiger partial charge in [-0.3, -0.25) is 0 Å². The van der Waals surface area contributed by atoms with Crippen molar-refractivity contribution in [1.29, 1.82) is 0 Å². The van der Waals surface area contributed by atoms with Crippen molar-refractivity contribution >= 4 is 34.9 Å². The molecule has 0 bridgehead atoms. The topological polar surface area (TPSA) is 76.1 Å². The summed E-state index contributed by atoms with van der Waals surface area (Å²) in [6.07, 6.45) is 1.46. The Bertz CT molecular complexity index is 949. The van der Waals surface area contributed by atoms with Crippen molar-refractivity contribution in [3.63, 3.8) is 0 Å². The number of hydrogen-bond acceptors (Lipinski definition) is 4. The van der Waals surface area contributed by atoms with Crippen LogP contribution in [0.3, 0.4) is 0 Å². The van der Waals surface area contributed by atoms with Crippen LogP contribution in [0.15, 0.2) is 54.9 Å². The van der Waals surface area contributed by atoms with Gasteiger partial charge in [0.1, 0.15) is 12.1 Å². The molecular weight excluding hydrogens is 387 g/mol. The monoisotopic (exact) mass is 402 g/mol. The van der Waals surface area contributed by atoms with Gasteiger partial charge >= 0.3 is 6.03 Å². The van der Waals surface area contributed by atoms with E-state index in [9.17, 15) is 4.79 Å². The van der Waals surface area contributed by atoms with E-state index in [1.54, 1.807) is 25.3 Å². The molecule has 138 valence electrons. The van der Waals surface area contributed by atoms with Crippen molar-refractivity contribution in [2.75, 3.05) is 12.4 Å². The van der Waals surface area contributed by atoms with Crippen molar-refractivity contribution in [2.45, 2.75) is 6.54 Å². The normalized spacial score (nSPS) is 10.3. The first-order valence-corrected chi connectivity index (χ1v) is 8.76. The number of ether oxygens (including phenoxy) is 1. The number of rotatable bonds is 5. The number of aromatic nitrogens is 2. The largest absolute Gasteiger partial charge is 0.497 e. The first kappa shape index (κ1) is 18.9. The number of nitrogens with zero attached hydrogens (tertiary/aromatic N) is 2. The summed E-state index contributed by atoms with van der Waals surface area (Å²) >= 11 is 11.9. The van der Waals surface area contributed by atoms with E-state index in [2.05, 4.69) is 20.6 Å². The predicted octanol–water partition coefficient (Wildman–Crippen LogP) is 4.78. The molecule has 6 nitrogen and oxygen atoms in total. The number of amides is 2. The first-order chi connectivity index (χ1) is 13.0. The van der Waals surface area contributed by atoms with Crippen LogP contribution < -0.4 is 15.4 Å². The molecule has 0 aliphatic carbocycles. The van der Waals surface area contributed by atoms with E-state index in [0.717, 1.165) is 17.0 Å². The van der Waals surface area contributed by atoms with Crippen LogP contribution in [0.2, 0.25) is 10.0 Å². The SMILES string of the molecule is COc1ccc(-c2cc(CNC(=O)Nc3cc(Cl)ccc3Cl)ncn2)cc1. The summed E-state index contributed by atoms with van der Waals surface area (Å²) in [6, 6.07) is 13.8. The number of benzene rings is 2. The molecule has 8 heteroatoms. The molecule has 0 aliphatic rings. The summed E-state index contributed by atoms with van der Waals surface area (Å²) in [4.78, 5) is 20.5. The van der Waals surface area contributed by atoms with E-state index < -0.39 is 6.03 Å². The molecule has 1 heterocycles. The van der Waals surface area contributed by atoms with Gasteiger partial charge in [0.15, 0.2) is 0 Å². The van der Waals surface area contributed by atoms with E-state index in [-0.39, 0.29) is 6.54 Å². The Kier molecular flexibility index (Phi) is 6.11. The molecule has 0 fully saturated rings. The molecule has 0 atom stereocenters. The maximum absolute atomic E-state index is 12.1. The van der Waals surface area contributed by atoms with Crippen molar-refractivity contribution in [2.24, 2.45) is 0 Å². The van der Waals surface area contributed by atoms with Crippen molar-refractivity contribution in [3.05, 3.63) is 70.6 Å². The lowest BCUT2D eigenvalue weighted by Gasteiger charge is -2.10. The Balaban J connectivity index is 1.64. The number of anilines is 1. The minimum atomic E-state index is -0.413. The van der Waals surface area contributed by atoms with Crippen LogP contribution in [0, 0.1) is 0 Å². The Morgan fingerprint density at radius 3 is 2.59 bits per heavy atom. The van der Waals surface area contributed by atoms with E-state index >= 15 is 0 Å². The Morgan fingerprint density at radius 1 is 1.07 bits per heavy atom. The second kappa shape index (κ2) is 8.70. The second-order valence-electron chi connectivity index (χ2n) is 5.55. The molecule has 2 aromatic carbocycles. The highest BCUT2D eigenvalue weighted by Crippen LogP contribution is 2.25. The van der Waals surface area contributed by atoms with Crippen LogP contribution in [-0.2, 0) is 6.54 Å². The van der Waals surface area contributed by atoms with Gasteiger partial charge in [-0.15, -0.1) is 0 Å². The van der Waals surface area contributed by atoms with Crippen LogP contribution in [0.5, 0.6) is 5.75 Å². The number of carbonyl (C=O) groups is 1. The summed E-state index contributed by atoms with van der Waals surface area (Å²) in [5, 5.41) is 6.27. The average Bonchev–Trinajstić information content (AvgIpc) is 2.69. The fraction of sp³-hybridized carbons (Fsp3) is 0.105. The number of halogens is 2. The highest BCUT2D eigenvalue weighted by atomic mass is 35.5. The molecule has 1 aromatic heterocycles. The number of hydrogen-bond donors (Lipinski definition) is 2. The maximum atomic E-state index is 12.1. The third-order valence-corrected chi connectivity index (χ3v) is 4.28. The molecule has 3 aromatic rings. The molecule has 0 spiro atoms. The zero-order valence-electron chi connectivity index (χ0n) is 14.4. The molecule has 2 N–H and O–H groups in total. The third kappa shape index (κ3) is 5.09. The summed E-state index contributed by atoms with van der Waals surface area (Å²) < 4.78 is 5.15. The minimum absolute atomic E-state index is 0.232. The van der Waals surface area contributed by atoms with Gasteiger partial charge in [0, 0.05) is 10.6 Å². The third-order valence-electron chi connectivity index (χ3n) is 3.72. The van der Waals surface area contributed by atoms with Crippen LogP contribution >= 0.6 is 23.2 Å². The molecular formula is C19H16Cl2N4O2. The fourth-order valence-electron chi connectivity index (χ4n) is 2.34. The van der Waals surface area contributed by atoms with Crippen LogP contribution in [-0.4, -0.2) is 23.1 Å². The van der Waals surface area contributed by atoms with Gasteiger partial charge in [-0.25, -0.2) is 14.8 Å². The van der Waals surface area contributed by atoms with Gasteiger partial charge in [0.2, 0.25) is 0 Å². The van der Waals surface area contributed by atoms with Crippen LogP contribution in [0.1, 0.15) is 5.69 Å². The standard InChI is InChI=1S/C19H16Cl2N4O2/c1-27-15-5-2-12(3-6-15)17-9-14(23-11-24-17)10-22-19(26)25-18-8-13(20)4-7-16(18)21/h2-9,11H,10H2,1H3,(H2,22,25,26). The predicted molar refractivity (Wildman–Crippen MR) is 106 cm³/mol. The van der Waals surface area contributed by atoms with Gasteiger partial charge in [-0.05, 0) is 48.5 Å². The summed E-state index contributed by atoms with van der Waals surface area (Å²) in [5.74, 6) is 0.769. The van der Waals surface area contributed by atoms with Crippen molar-refractivity contribution in [3.8, 4) is 17.0 Å². The summed E-state index contributed by atoms with van der Waals surface area (Å²) in [5.41, 5.74) is 2.78. The van der Waals surface area contributed by atoms with Crippen LogP contribution in [0.4, 0.5) is 10.5 Å². The lowest BCUT2D eigenvalue weighted by Crippen LogP contribution is -2.28. The van der Waals surface area contributed by atoms with Gasteiger partial charge in [-0.2, -0.15) is 0 Å². The number of urea groups is 1. The molecule has 3 rings (SSSR count). The minimum Gasteiger partial charge on any atom is -0.497 e. The molecule has 0 unspecified atom stereocenters. The van der Waals surface area contributed by atoms with E-state index in [0.29, 0.717) is 21.4 Å².